The molecule has 1 atom stereocenters. The lowest BCUT2D eigenvalue weighted by atomic mass is 10.2. The molecule has 1 unspecified atom stereocenters. The van der Waals surface area contributed by atoms with Gasteiger partial charge in [0, 0.05) is 16.4 Å². The largest absolute Gasteiger partial charge is 0.396 e. The van der Waals surface area contributed by atoms with Crippen molar-refractivity contribution < 1.29 is 9.18 Å². The summed E-state index contributed by atoms with van der Waals surface area (Å²) in [4.78, 5) is 16.3. The molecule has 21 heavy (non-hydrogen) atoms. The van der Waals surface area contributed by atoms with Crippen LogP contribution in [0.1, 0.15) is 6.92 Å². The third-order valence-electron chi connectivity index (χ3n) is 2.65. The molecule has 0 aliphatic heterocycles. The van der Waals surface area contributed by atoms with Crippen LogP contribution >= 0.6 is 27.7 Å². The highest BCUT2D eigenvalue weighted by molar-refractivity contribution is 9.10. The molecular weight excluding hydrogens is 357 g/mol. The highest BCUT2D eigenvalue weighted by Gasteiger charge is 2.17. The van der Waals surface area contributed by atoms with Crippen molar-refractivity contribution in [2.75, 3.05) is 11.1 Å². The monoisotopic (exact) mass is 369 g/mol. The SMILES string of the molecule is CC(Sc1ncccc1Br)C(=O)Nc1ccc(F)c(N)c1. The highest BCUT2D eigenvalue weighted by atomic mass is 79.9. The number of halogens is 2. The molecular formula is C14H13BrFN3OS. The zero-order chi connectivity index (χ0) is 15.4. The number of nitrogens with one attached hydrogen (secondary N) is 1. The van der Waals surface area contributed by atoms with Crippen LogP contribution in [0.4, 0.5) is 15.8 Å². The molecule has 4 nitrogen and oxygen atoms in total. The first kappa shape index (κ1) is 15.8. The van der Waals surface area contributed by atoms with Gasteiger partial charge < -0.3 is 11.1 Å². The van der Waals surface area contributed by atoms with E-state index in [9.17, 15) is 9.18 Å². The van der Waals surface area contributed by atoms with Gasteiger partial charge in [-0.3, -0.25) is 4.79 Å². The van der Waals surface area contributed by atoms with Crippen molar-refractivity contribution in [2.45, 2.75) is 17.2 Å². The summed E-state index contributed by atoms with van der Waals surface area (Å²) in [6.07, 6.45) is 1.67. The van der Waals surface area contributed by atoms with Crippen molar-refractivity contribution in [1.29, 1.82) is 0 Å². The van der Waals surface area contributed by atoms with Gasteiger partial charge in [0.25, 0.3) is 0 Å². The smallest absolute Gasteiger partial charge is 0.237 e. The van der Waals surface area contributed by atoms with Gasteiger partial charge in [0.15, 0.2) is 0 Å². The molecule has 0 fully saturated rings. The van der Waals surface area contributed by atoms with E-state index in [1.165, 1.54) is 30.0 Å². The van der Waals surface area contributed by atoms with E-state index in [2.05, 4.69) is 26.2 Å². The lowest BCUT2D eigenvalue weighted by Gasteiger charge is -2.12. The molecule has 2 aromatic rings. The predicted octanol–water partition coefficient (Wildman–Crippen LogP) is 3.68. The normalized spacial score (nSPS) is 12.0. The average Bonchev–Trinajstić information content (AvgIpc) is 2.45. The lowest BCUT2D eigenvalue weighted by Crippen LogP contribution is -2.22. The maximum absolute atomic E-state index is 13.1. The lowest BCUT2D eigenvalue weighted by molar-refractivity contribution is -0.115. The molecule has 2 rings (SSSR count). The Morgan fingerprint density at radius 2 is 2.24 bits per heavy atom. The molecule has 1 aromatic carbocycles. The third kappa shape index (κ3) is 4.18. The van der Waals surface area contributed by atoms with Crippen LogP contribution in [0.5, 0.6) is 0 Å². The van der Waals surface area contributed by atoms with E-state index in [0.29, 0.717) is 5.69 Å². The molecule has 0 aliphatic carbocycles. The number of nitrogens with two attached hydrogens (primary N) is 1. The second kappa shape index (κ2) is 6.91. The van der Waals surface area contributed by atoms with Crippen LogP contribution < -0.4 is 11.1 Å². The number of pyridine rings is 1. The van der Waals surface area contributed by atoms with Crippen molar-refractivity contribution in [1.82, 2.24) is 4.98 Å². The summed E-state index contributed by atoms with van der Waals surface area (Å²) in [5, 5.41) is 3.08. The summed E-state index contributed by atoms with van der Waals surface area (Å²) in [5.41, 5.74) is 5.93. The van der Waals surface area contributed by atoms with Crippen molar-refractivity contribution in [3.05, 3.63) is 46.8 Å². The fourth-order valence-electron chi connectivity index (χ4n) is 1.54. The second-order valence-electron chi connectivity index (χ2n) is 4.28. The van der Waals surface area contributed by atoms with E-state index >= 15 is 0 Å². The fourth-order valence-corrected chi connectivity index (χ4v) is 2.88. The average molecular weight is 370 g/mol. The van der Waals surface area contributed by atoms with Crippen LogP contribution in [0.25, 0.3) is 0 Å². The molecule has 110 valence electrons. The number of nitrogens with zero attached hydrogens (tertiary/aromatic N) is 1. The van der Waals surface area contributed by atoms with Gasteiger partial charge in [0.2, 0.25) is 5.91 Å². The number of hydrogen-bond acceptors (Lipinski definition) is 4. The minimum absolute atomic E-state index is 0.000534. The van der Waals surface area contributed by atoms with Gasteiger partial charge in [-0.05, 0) is 53.2 Å². The Bertz CT molecular complexity index is 668. The quantitative estimate of drug-likeness (QED) is 0.636. The first-order valence-corrected chi connectivity index (χ1v) is 7.77. The summed E-state index contributed by atoms with van der Waals surface area (Å²) < 4.78 is 13.9. The molecule has 0 radical (unpaired) electrons. The number of amides is 1. The van der Waals surface area contributed by atoms with Crippen LogP contribution in [-0.4, -0.2) is 16.1 Å². The molecule has 0 spiro atoms. The molecule has 7 heteroatoms. The first-order chi connectivity index (χ1) is 9.97. The number of rotatable bonds is 4. The summed E-state index contributed by atoms with van der Waals surface area (Å²) in [5.74, 6) is -0.712. The molecule has 1 heterocycles. The Labute approximate surface area is 134 Å². The van der Waals surface area contributed by atoms with Crippen LogP contribution in [0.2, 0.25) is 0 Å². The Morgan fingerprint density at radius 1 is 1.48 bits per heavy atom. The third-order valence-corrected chi connectivity index (χ3v) is 4.66. The topological polar surface area (TPSA) is 68.0 Å². The standard InChI is InChI=1S/C14H13BrFN3OS/c1-8(21-14-10(15)3-2-6-18-14)13(20)19-9-4-5-11(16)12(17)7-9/h2-8H,17H2,1H3,(H,19,20). The zero-order valence-electron chi connectivity index (χ0n) is 11.1. The van der Waals surface area contributed by atoms with E-state index in [4.69, 9.17) is 5.73 Å². The van der Waals surface area contributed by atoms with E-state index < -0.39 is 5.82 Å². The highest BCUT2D eigenvalue weighted by Crippen LogP contribution is 2.29. The summed E-state index contributed by atoms with van der Waals surface area (Å²) >= 11 is 4.71. The summed E-state index contributed by atoms with van der Waals surface area (Å²) in [6, 6.07) is 7.75. The molecule has 1 amide bonds. The Kier molecular flexibility index (Phi) is 5.19. The first-order valence-electron chi connectivity index (χ1n) is 6.10. The van der Waals surface area contributed by atoms with Crippen molar-refractivity contribution in [2.24, 2.45) is 0 Å². The maximum Gasteiger partial charge on any atom is 0.237 e. The molecule has 0 saturated carbocycles. The van der Waals surface area contributed by atoms with E-state index in [0.717, 1.165) is 9.50 Å². The van der Waals surface area contributed by atoms with Gasteiger partial charge in [-0.25, -0.2) is 9.37 Å². The number of anilines is 2. The number of carbonyl (C=O) groups is 1. The van der Waals surface area contributed by atoms with Gasteiger partial charge in [-0.15, -0.1) is 0 Å². The molecule has 1 aromatic heterocycles. The number of benzene rings is 1. The Balaban J connectivity index is 2.02. The second-order valence-corrected chi connectivity index (χ2v) is 6.46. The van der Waals surface area contributed by atoms with Crippen molar-refractivity contribution in [3.63, 3.8) is 0 Å². The number of carbonyl (C=O) groups excluding carboxylic acids is 1. The van der Waals surface area contributed by atoms with Gasteiger partial charge in [0.1, 0.15) is 10.8 Å². The van der Waals surface area contributed by atoms with Crippen molar-refractivity contribution in [3.8, 4) is 0 Å². The Hall–Kier alpha value is -1.60. The zero-order valence-corrected chi connectivity index (χ0v) is 13.5. The van der Waals surface area contributed by atoms with Crippen LogP contribution in [0.15, 0.2) is 46.0 Å². The van der Waals surface area contributed by atoms with Crippen LogP contribution in [0, 0.1) is 5.82 Å². The number of thioether (sulfide) groups is 1. The van der Waals surface area contributed by atoms with E-state index in [-0.39, 0.29) is 16.8 Å². The number of aromatic nitrogens is 1. The van der Waals surface area contributed by atoms with Gasteiger partial charge in [0.05, 0.1) is 10.9 Å². The molecule has 0 saturated heterocycles. The van der Waals surface area contributed by atoms with Gasteiger partial charge in [-0.2, -0.15) is 0 Å². The summed E-state index contributed by atoms with van der Waals surface area (Å²) in [7, 11) is 0. The minimum Gasteiger partial charge on any atom is -0.396 e. The molecule has 3 N–H and O–H groups in total. The molecule has 0 aliphatic rings. The Morgan fingerprint density at radius 3 is 2.90 bits per heavy atom. The van der Waals surface area contributed by atoms with E-state index in [1.807, 2.05) is 6.07 Å². The number of nitrogen functional groups attached to an aromatic ring is 1. The van der Waals surface area contributed by atoms with E-state index in [1.54, 1.807) is 19.2 Å². The minimum atomic E-state index is -0.507. The van der Waals surface area contributed by atoms with Crippen LogP contribution in [0.3, 0.4) is 0 Å². The van der Waals surface area contributed by atoms with Crippen molar-refractivity contribution >= 4 is 45.0 Å². The predicted molar refractivity (Wildman–Crippen MR) is 86.7 cm³/mol. The van der Waals surface area contributed by atoms with Gasteiger partial charge in [-0.1, -0.05) is 11.8 Å². The summed E-state index contributed by atoms with van der Waals surface area (Å²) in [6.45, 7) is 1.77. The molecule has 0 bridgehead atoms. The van der Waals surface area contributed by atoms with Gasteiger partial charge >= 0.3 is 0 Å². The maximum atomic E-state index is 13.1. The fraction of sp³-hybridized carbons (Fsp3) is 0.143. The number of hydrogen-bond donors (Lipinski definition) is 2. The van der Waals surface area contributed by atoms with Crippen LogP contribution in [-0.2, 0) is 4.79 Å².